The van der Waals surface area contributed by atoms with Crippen molar-refractivity contribution in [3.63, 3.8) is 0 Å². The van der Waals surface area contributed by atoms with Gasteiger partial charge < -0.3 is 20.2 Å². The molecule has 1 fully saturated rings. The van der Waals surface area contributed by atoms with Gasteiger partial charge in [-0.15, -0.1) is 11.3 Å². The van der Waals surface area contributed by atoms with Gasteiger partial charge in [-0.25, -0.2) is 4.79 Å². The SMILES string of the molecule is COC(=O)c1c(NC(=O)CN2CCN(Cc3ccco3)CC2)sc(C(N)=O)c1C. The number of primary amides is 1. The molecule has 2 aromatic rings. The Labute approximate surface area is 172 Å². The number of ether oxygens (including phenoxy) is 1. The van der Waals surface area contributed by atoms with Crippen molar-refractivity contribution in [3.05, 3.63) is 40.2 Å². The number of esters is 1. The average Bonchev–Trinajstić information content (AvgIpc) is 3.30. The van der Waals surface area contributed by atoms with Crippen molar-refractivity contribution in [2.24, 2.45) is 5.73 Å². The third-order valence-electron chi connectivity index (χ3n) is 4.80. The minimum Gasteiger partial charge on any atom is -0.468 e. The van der Waals surface area contributed by atoms with E-state index in [9.17, 15) is 14.4 Å². The number of nitrogens with one attached hydrogen (secondary N) is 1. The summed E-state index contributed by atoms with van der Waals surface area (Å²) in [5.41, 5.74) is 5.95. The summed E-state index contributed by atoms with van der Waals surface area (Å²) >= 11 is 0.986. The number of thiophene rings is 1. The van der Waals surface area contributed by atoms with Gasteiger partial charge in [0.05, 0.1) is 36.9 Å². The number of furan rings is 1. The zero-order valence-electron chi connectivity index (χ0n) is 16.4. The molecule has 1 aliphatic heterocycles. The number of rotatable bonds is 7. The highest BCUT2D eigenvalue weighted by Crippen LogP contribution is 2.33. The van der Waals surface area contributed by atoms with E-state index in [4.69, 9.17) is 14.9 Å². The molecule has 156 valence electrons. The summed E-state index contributed by atoms with van der Waals surface area (Å²) in [4.78, 5) is 40.7. The highest BCUT2D eigenvalue weighted by molar-refractivity contribution is 7.18. The van der Waals surface area contributed by atoms with Gasteiger partial charge in [-0.2, -0.15) is 0 Å². The molecule has 0 radical (unpaired) electrons. The van der Waals surface area contributed by atoms with Gasteiger partial charge in [-0.3, -0.25) is 19.4 Å². The Bertz CT molecular complexity index is 885. The summed E-state index contributed by atoms with van der Waals surface area (Å²) in [5.74, 6) is -0.601. The molecular formula is C19H24N4O5S. The van der Waals surface area contributed by atoms with Crippen LogP contribution in [0.4, 0.5) is 5.00 Å². The molecule has 0 aromatic carbocycles. The maximum Gasteiger partial charge on any atom is 0.341 e. The standard InChI is InChI=1S/C19H24N4O5S/c1-12-15(19(26)27-2)18(29-16(12)17(20)25)21-14(24)11-23-7-5-22(6-8-23)10-13-4-3-9-28-13/h3-4,9H,5-8,10-11H2,1-2H3,(H2,20,25)(H,21,24). The summed E-state index contributed by atoms with van der Waals surface area (Å²) in [5, 5.41) is 3.02. The van der Waals surface area contributed by atoms with E-state index in [2.05, 4.69) is 10.2 Å². The number of nitrogens with two attached hydrogens (primary N) is 1. The normalized spacial score (nSPS) is 15.2. The average molecular weight is 420 g/mol. The van der Waals surface area contributed by atoms with E-state index in [1.54, 1.807) is 13.2 Å². The monoisotopic (exact) mass is 420 g/mol. The Kier molecular flexibility index (Phi) is 6.68. The second kappa shape index (κ2) is 9.21. The zero-order chi connectivity index (χ0) is 21.0. The Morgan fingerprint density at radius 1 is 1.24 bits per heavy atom. The number of hydrogen-bond donors (Lipinski definition) is 2. The van der Waals surface area contributed by atoms with Crippen LogP contribution in [0.15, 0.2) is 22.8 Å². The molecule has 0 aliphatic carbocycles. The Hall–Kier alpha value is -2.69. The molecule has 0 bridgehead atoms. The molecule has 0 atom stereocenters. The first-order valence-electron chi connectivity index (χ1n) is 9.17. The molecule has 29 heavy (non-hydrogen) atoms. The predicted molar refractivity (Wildman–Crippen MR) is 108 cm³/mol. The second-order valence-electron chi connectivity index (χ2n) is 6.80. The molecule has 3 heterocycles. The van der Waals surface area contributed by atoms with Crippen LogP contribution in [0.3, 0.4) is 0 Å². The largest absolute Gasteiger partial charge is 0.468 e. The molecular weight excluding hydrogens is 396 g/mol. The minimum absolute atomic E-state index is 0.169. The fourth-order valence-corrected chi connectivity index (χ4v) is 4.35. The van der Waals surface area contributed by atoms with E-state index >= 15 is 0 Å². The lowest BCUT2D eigenvalue weighted by Crippen LogP contribution is -2.48. The van der Waals surface area contributed by atoms with Crippen LogP contribution in [0.25, 0.3) is 0 Å². The Morgan fingerprint density at radius 3 is 2.52 bits per heavy atom. The summed E-state index contributed by atoms with van der Waals surface area (Å²) in [6, 6.07) is 3.82. The first-order chi connectivity index (χ1) is 13.9. The number of amides is 2. The van der Waals surface area contributed by atoms with E-state index in [1.165, 1.54) is 7.11 Å². The lowest BCUT2D eigenvalue weighted by Gasteiger charge is -2.33. The van der Waals surface area contributed by atoms with Gasteiger partial charge in [0.1, 0.15) is 10.8 Å². The van der Waals surface area contributed by atoms with Crippen molar-refractivity contribution in [3.8, 4) is 0 Å². The van der Waals surface area contributed by atoms with Crippen LogP contribution in [0, 0.1) is 6.92 Å². The molecule has 1 aliphatic rings. The van der Waals surface area contributed by atoms with Crippen molar-refractivity contribution >= 4 is 34.1 Å². The van der Waals surface area contributed by atoms with E-state index in [1.807, 2.05) is 17.0 Å². The highest BCUT2D eigenvalue weighted by atomic mass is 32.1. The van der Waals surface area contributed by atoms with Gasteiger partial charge in [-0.1, -0.05) is 0 Å². The Morgan fingerprint density at radius 2 is 1.93 bits per heavy atom. The number of piperazine rings is 1. The maximum atomic E-state index is 12.5. The van der Waals surface area contributed by atoms with E-state index in [0.29, 0.717) is 5.56 Å². The van der Waals surface area contributed by atoms with E-state index < -0.39 is 11.9 Å². The highest BCUT2D eigenvalue weighted by Gasteiger charge is 2.26. The summed E-state index contributed by atoms with van der Waals surface area (Å²) in [6.45, 7) is 5.69. The minimum atomic E-state index is -0.647. The molecule has 9 nitrogen and oxygen atoms in total. The zero-order valence-corrected chi connectivity index (χ0v) is 17.2. The van der Waals surface area contributed by atoms with Crippen LogP contribution in [-0.4, -0.2) is 67.4 Å². The summed E-state index contributed by atoms with van der Waals surface area (Å²) in [6.07, 6.45) is 1.66. The molecule has 0 spiro atoms. The summed E-state index contributed by atoms with van der Waals surface area (Å²) in [7, 11) is 1.25. The molecule has 2 amide bonds. The number of carbonyl (C=O) groups is 3. The van der Waals surface area contributed by atoms with Crippen molar-refractivity contribution in [1.82, 2.24) is 9.80 Å². The van der Waals surface area contributed by atoms with E-state index in [-0.39, 0.29) is 27.9 Å². The van der Waals surface area contributed by atoms with Crippen molar-refractivity contribution in [1.29, 1.82) is 0 Å². The number of nitrogens with zero attached hydrogens (tertiary/aromatic N) is 2. The van der Waals surface area contributed by atoms with Crippen LogP contribution in [-0.2, 0) is 16.1 Å². The van der Waals surface area contributed by atoms with Crippen LogP contribution in [0.5, 0.6) is 0 Å². The van der Waals surface area contributed by atoms with Gasteiger partial charge >= 0.3 is 5.97 Å². The van der Waals surface area contributed by atoms with Crippen molar-refractivity contribution in [2.75, 3.05) is 45.2 Å². The van der Waals surface area contributed by atoms with Crippen LogP contribution < -0.4 is 11.1 Å². The topological polar surface area (TPSA) is 118 Å². The van der Waals surface area contributed by atoms with Gasteiger partial charge in [0.25, 0.3) is 5.91 Å². The smallest absolute Gasteiger partial charge is 0.341 e. The van der Waals surface area contributed by atoms with Gasteiger partial charge in [-0.05, 0) is 24.6 Å². The molecule has 3 rings (SSSR count). The van der Waals surface area contributed by atoms with Gasteiger partial charge in [0, 0.05) is 26.2 Å². The lowest BCUT2D eigenvalue weighted by molar-refractivity contribution is -0.117. The van der Waals surface area contributed by atoms with E-state index in [0.717, 1.165) is 49.8 Å². The third kappa shape index (κ3) is 5.03. The molecule has 0 unspecified atom stereocenters. The lowest BCUT2D eigenvalue weighted by atomic mass is 10.1. The number of anilines is 1. The van der Waals surface area contributed by atoms with Crippen LogP contribution >= 0.6 is 11.3 Å². The number of hydrogen-bond acceptors (Lipinski definition) is 8. The number of carbonyl (C=O) groups excluding carboxylic acids is 3. The van der Waals surface area contributed by atoms with Gasteiger partial charge in [0.15, 0.2) is 0 Å². The van der Waals surface area contributed by atoms with Gasteiger partial charge in [0.2, 0.25) is 5.91 Å². The maximum absolute atomic E-state index is 12.5. The fraction of sp³-hybridized carbons (Fsp3) is 0.421. The first kappa shape index (κ1) is 21.0. The summed E-state index contributed by atoms with van der Waals surface area (Å²) < 4.78 is 10.2. The predicted octanol–water partition coefficient (Wildman–Crippen LogP) is 1.29. The quantitative estimate of drug-likeness (QED) is 0.648. The molecule has 1 saturated heterocycles. The second-order valence-corrected chi connectivity index (χ2v) is 7.82. The van der Waals surface area contributed by atoms with Crippen molar-refractivity contribution in [2.45, 2.75) is 13.5 Å². The van der Waals surface area contributed by atoms with Crippen LogP contribution in [0.1, 0.15) is 31.4 Å². The third-order valence-corrected chi connectivity index (χ3v) is 6.03. The molecule has 10 heteroatoms. The first-order valence-corrected chi connectivity index (χ1v) is 9.99. The van der Waals surface area contributed by atoms with Crippen molar-refractivity contribution < 1.29 is 23.5 Å². The van der Waals surface area contributed by atoms with Crippen LogP contribution in [0.2, 0.25) is 0 Å². The molecule has 2 aromatic heterocycles. The Balaban J connectivity index is 1.58. The number of methoxy groups -OCH3 is 1. The molecule has 0 saturated carbocycles. The fourth-order valence-electron chi connectivity index (χ4n) is 3.28. The molecule has 3 N–H and O–H groups in total.